The predicted molar refractivity (Wildman–Crippen MR) is 133 cm³/mol. The van der Waals surface area contributed by atoms with Crippen molar-refractivity contribution in [1.29, 1.82) is 0 Å². The number of anilines is 1. The number of amides is 1. The standard InChI is InChI=1S/C27H29FN2O4S/c1-18-5-10-21(11-6-18)30(35(32,33)22-12-8-20(28)9-13-22)17-26(31)29-24-16-27(3,4)34-25-15-19(2)7-14-23(24)25/h5-15,24H,16-17H2,1-4H3,(H,29,31). The summed E-state index contributed by atoms with van der Waals surface area (Å²) in [6.07, 6.45) is 0.532. The maximum Gasteiger partial charge on any atom is 0.264 e. The van der Waals surface area contributed by atoms with Crippen molar-refractivity contribution in [1.82, 2.24) is 5.32 Å². The Balaban J connectivity index is 1.64. The van der Waals surface area contributed by atoms with E-state index in [-0.39, 0.29) is 10.9 Å². The molecule has 0 spiro atoms. The van der Waals surface area contributed by atoms with Gasteiger partial charge in [-0.15, -0.1) is 0 Å². The van der Waals surface area contributed by atoms with Gasteiger partial charge in [0.2, 0.25) is 5.91 Å². The fourth-order valence-electron chi connectivity index (χ4n) is 4.22. The summed E-state index contributed by atoms with van der Waals surface area (Å²) in [5.41, 5.74) is 2.69. The number of sulfonamides is 1. The molecule has 4 rings (SSSR count). The fraction of sp³-hybridized carbons (Fsp3) is 0.296. The van der Waals surface area contributed by atoms with Gasteiger partial charge in [-0.05, 0) is 75.7 Å². The second-order valence-corrected chi connectivity index (χ2v) is 11.4. The van der Waals surface area contributed by atoms with Crippen LogP contribution in [0.3, 0.4) is 0 Å². The molecule has 1 unspecified atom stereocenters. The molecule has 0 fully saturated rings. The van der Waals surface area contributed by atoms with Crippen molar-refractivity contribution in [2.45, 2.75) is 50.7 Å². The summed E-state index contributed by atoms with van der Waals surface area (Å²) in [6.45, 7) is 7.34. The van der Waals surface area contributed by atoms with Gasteiger partial charge < -0.3 is 10.1 Å². The molecule has 0 aromatic heterocycles. The van der Waals surface area contributed by atoms with E-state index in [1.807, 2.05) is 45.9 Å². The Hall–Kier alpha value is -3.39. The van der Waals surface area contributed by atoms with Crippen LogP contribution in [0.2, 0.25) is 0 Å². The number of halogens is 1. The molecular weight excluding hydrogens is 467 g/mol. The summed E-state index contributed by atoms with van der Waals surface area (Å²) in [5, 5.41) is 3.01. The van der Waals surface area contributed by atoms with E-state index in [0.29, 0.717) is 17.9 Å². The number of aryl methyl sites for hydroxylation is 2. The van der Waals surface area contributed by atoms with Gasteiger partial charge in [0.15, 0.2) is 0 Å². The summed E-state index contributed by atoms with van der Waals surface area (Å²) >= 11 is 0. The third-order valence-electron chi connectivity index (χ3n) is 5.97. The van der Waals surface area contributed by atoms with Gasteiger partial charge in [0.25, 0.3) is 10.0 Å². The molecule has 3 aromatic rings. The molecule has 3 aromatic carbocycles. The van der Waals surface area contributed by atoms with Crippen LogP contribution in [0, 0.1) is 19.7 Å². The first-order valence-electron chi connectivity index (χ1n) is 11.4. The van der Waals surface area contributed by atoms with Crippen LogP contribution in [-0.4, -0.2) is 26.5 Å². The number of benzene rings is 3. The second-order valence-electron chi connectivity index (χ2n) is 9.53. The third-order valence-corrected chi connectivity index (χ3v) is 7.76. The molecule has 35 heavy (non-hydrogen) atoms. The highest BCUT2D eigenvalue weighted by Gasteiger charge is 2.35. The monoisotopic (exact) mass is 496 g/mol. The number of carbonyl (C=O) groups excluding carboxylic acids is 1. The molecule has 0 aliphatic carbocycles. The van der Waals surface area contributed by atoms with Gasteiger partial charge in [0, 0.05) is 12.0 Å². The number of rotatable bonds is 6. The molecule has 0 saturated heterocycles. The molecule has 0 saturated carbocycles. The summed E-state index contributed by atoms with van der Waals surface area (Å²) in [7, 11) is -4.13. The van der Waals surface area contributed by atoms with E-state index in [9.17, 15) is 17.6 Å². The first-order valence-corrected chi connectivity index (χ1v) is 12.8. The first kappa shape index (κ1) is 24.7. The van der Waals surface area contributed by atoms with Crippen LogP contribution in [0.1, 0.15) is 43.0 Å². The van der Waals surface area contributed by atoms with Crippen molar-refractivity contribution in [3.8, 4) is 5.75 Å². The second kappa shape index (κ2) is 9.34. The predicted octanol–water partition coefficient (Wildman–Crippen LogP) is 5.06. The van der Waals surface area contributed by atoms with E-state index in [1.165, 1.54) is 12.1 Å². The van der Waals surface area contributed by atoms with Gasteiger partial charge in [0.05, 0.1) is 16.6 Å². The number of nitrogens with zero attached hydrogens (tertiary/aromatic N) is 1. The number of hydrogen-bond acceptors (Lipinski definition) is 4. The largest absolute Gasteiger partial charge is 0.487 e. The summed E-state index contributed by atoms with van der Waals surface area (Å²) < 4.78 is 47.6. The molecule has 0 bridgehead atoms. The minimum absolute atomic E-state index is 0.0969. The number of ether oxygens (including phenoxy) is 1. The lowest BCUT2D eigenvalue weighted by Crippen LogP contribution is -2.45. The van der Waals surface area contributed by atoms with Crippen LogP contribution in [0.4, 0.5) is 10.1 Å². The van der Waals surface area contributed by atoms with E-state index >= 15 is 0 Å². The van der Waals surface area contributed by atoms with Gasteiger partial charge in [-0.3, -0.25) is 9.10 Å². The molecule has 1 atom stereocenters. The molecule has 1 aliphatic heterocycles. The van der Waals surface area contributed by atoms with Gasteiger partial charge in [-0.2, -0.15) is 0 Å². The normalized spacial score (nSPS) is 16.7. The van der Waals surface area contributed by atoms with E-state index in [1.54, 1.807) is 24.3 Å². The average molecular weight is 497 g/mol. The lowest BCUT2D eigenvalue weighted by molar-refractivity contribution is -0.120. The van der Waals surface area contributed by atoms with Gasteiger partial charge in [-0.25, -0.2) is 12.8 Å². The van der Waals surface area contributed by atoms with Crippen molar-refractivity contribution < 1.29 is 22.3 Å². The maximum atomic E-state index is 13.5. The molecule has 1 N–H and O–H groups in total. The summed E-state index contributed by atoms with van der Waals surface area (Å²) in [5.74, 6) is -0.286. The van der Waals surface area contributed by atoms with E-state index in [2.05, 4.69) is 5.32 Å². The lowest BCUT2D eigenvalue weighted by Gasteiger charge is -2.38. The van der Waals surface area contributed by atoms with Crippen molar-refractivity contribution in [3.63, 3.8) is 0 Å². The molecular formula is C27H29FN2O4S. The van der Waals surface area contributed by atoms with E-state index in [0.717, 1.165) is 33.1 Å². The molecule has 8 heteroatoms. The fourth-order valence-corrected chi connectivity index (χ4v) is 5.64. The van der Waals surface area contributed by atoms with Crippen LogP contribution in [0.25, 0.3) is 0 Å². The minimum Gasteiger partial charge on any atom is -0.487 e. The highest BCUT2D eigenvalue weighted by atomic mass is 32.2. The van der Waals surface area contributed by atoms with Gasteiger partial charge in [-0.1, -0.05) is 29.8 Å². The van der Waals surface area contributed by atoms with Gasteiger partial charge >= 0.3 is 0 Å². The highest BCUT2D eigenvalue weighted by Crippen LogP contribution is 2.40. The quantitative estimate of drug-likeness (QED) is 0.518. The molecule has 0 radical (unpaired) electrons. The van der Waals surface area contributed by atoms with Crippen LogP contribution in [0.5, 0.6) is 5.75 Å². The first-order chi connectivity index (χ1) is 16.4. The zero-order valence-electron chi connectivity index (χ0n) is 20.2. The van der Waals surface area contributed by atoms with Crippen molar-refractivity contribution >= 4 is 21.6 Å². The number of carbonyl (C=O) groups is 1. The number of hydrogen-bond donors (Lipinski definition) is 1. The van der Waals surface area contributed by atoms with E-state index < -0.39 is 33.9 Å². The third kappa shape index (κ3) is 5.48. The molecule has 184 valence electrons. The van der Waals surface area contributed by atoms with Crippen LogP contribution < -0.4 is 14.4 Å². The van der Waals surface area contributed by atoms with E-state index in [4.69, 9.17) is 4.74 Å². The van der Waals surface area contributed by atoms with Crippen LogP contribution in [-0.2, 0) is 14.8 Å². The zero-order valence-corrected chi connectivity index (χ0v) is 21.0. The number of nitrogens with one attached hydrogen (secondary N) is 1. The molecule has 1 heterocycles. The van der Waals surface area contributed by atoms with Crippen molar-refractivity contribution in [2.75, 3.05) is 10.8 Å². The molecule has 1 aliphatic rings. The Morgan fingerprint density at radius 2 is 1.66 bits per heavy atom. The number of fused-ring (bicyclic) bond motifs is 1. The maximum absolute atomic E-state index is 13.5. The highest BCUT2D eigenvalue weighted by molar-refractivity contribution is 7.92. The average Bonchev–Trinajstić information content (AvgIpc) is 2.77. The summed E-state index contributed by atoms with van der Waals surface area (Å²) in [4.78, 5) is 13.2. The van der Waals surface area contributed by atoms with Crippen LogP contribution in [0.15, 0.2) is 71.6 Å². The minimum atomic E-state index is -4.13. The SMILES string of the molecule is Cc1ccc(N(CC(=O)NC2CC(C)(C)Oc3cc(C)ccc32)S(=O)(=O)c2ccc(F)cc2)cc1. The topological polar surface area (TPSA) is 75.7 Å². The van der Waals surface area contributed by atoms with Gasteiger partial charge in [0.1, 0.15) is 23.7 Å². The summed E-state index contributed by atoms with van der Waals surface area (Å²) in [6, 6.07) is 16.9. The Bertz CT molecular complexity index is 1340. The zero-order chi connectivity index (χ0) is 25.4. The lowest BCUT2D eigenvalue weighted by atomic mass is 9.89. The molecule has 1 amide bonds. The Kier molecular flexibility index (Phi) is 6.60. The Morgan fingerprint density at radius 1 is 1.03 bits per heavy atom. The smallest absolute Gasteiger partial charge is 0.264 e. The Labute approximate surface area is 205 Å². The van der Waals surface area contributed by atoms with Crippen molar-refractivity contribution in [2.24, 2.45) is 0 Å². The Morgan fingerprint density at radius 3 is 2.31 bits per heavy atom. The molecule has 6 nitrogen and oxygen atoms in total. The van der Waals surface area contributed by atoms with Crippen molar-refractivity contribution in [3.05, 3.63) is 89.2 Å². The van der Waals surface area contributed by atoms with Crippen LogP contribution >= 0.6 is 0 Å².